The molecule has 0 radical (unpaired) electrons. The monoisotopic (exact) mass is 282 g/mol. The molecule has 0 saturated carbocycles. The smallest absolute Gasteiger partial charge is 0.387 e. The molecule has 1 heterocycles. The Balaban J connectivity index is 0.000000437. The number of ether oxygens (including phenoxy) is 2. The minimum absolute atomic E-state index is 0.148. The van der Waals surface area contributed by atoms with Crippen LogP contribution in [0.15, 0.2) is 0 Å². The van der Waals surface area contributed by atoms with Crippen molar-refractivity contribution in [2.75, 3.05) is 19.5 Å². The molecule has 2 N–H and O–H groups in total. The highest BCUT2D eigenvalue weighted by molar-refractivity contribution is 7.85. The van der Waals surface area contributed by atoms with Crippen LogP contribution in [0.5, 0.6) is 0 Å². The fourth-order valence-electron chi connectivity index (χ4n) is 1.07. The molecule has 1 rings (SSSR count). The van der Waals surface area contributed by atoms with Crippen molar-refractivity contribution < 1.29 is 40.7 Å². The fraction of sp³-hybridized carbons (Fsp3) is 1.00. The first-order valence-electron chi connectivity index (χ1n) is 4.35. The summed E-state index contributed by atoms with van der Waals surface area (Å²) in [5.74, 6) is -2.81. The molecule has 1 aliphatic heterocycles. The first-order chi connectivity index (χ1) is 7.40. The second-order valence-corrected chi connectivity index (χ2v) is 4.74. The fourth-order valence-corrected chi connectivity index (χ4v) is 1.07. The van der Waals surface area contributed by atoms with Gasteiger partial charge in [0.25, 0.3) is 15.9 Å². The molecule has 0 bridgehead atoms. The van der Waals surface area contributed by atoms with E-state index in [1.165, 1.54) is 0 Å². The van der Waals surface area contributed by atoms with Crippen LogP contribution in [0.2, 0.25) is 0 Å². The summed E-state index contributed by atoms with van der Waals surface area (Å²) in [6.07, 6.45) is -5.70. The lowest BCUT2D eigenvalue weighted by molar-refractivity contribution is -0.370. The number of rotatable bonds is 1. The molecule has 1 unspecified atom stereocenters. The Labute approximate surface area is 96.1 Å². The van der Waals surface area contributed by atoms with Crippen molar-refractivity contribution in [3.05, 3.63) is 0 Å². The van der Waals surface area contributed by atoms with Gasteiger partial charge >= 0.3 is 6.18 Å². The molecular weight excluding hydrogens is 269 g/mol. The SMILES string of the molecule is CC(O)C1(C(F)(F)F)OCCO1.CS(=O)(=O)O. The lowest BCUT2D eigenvalue weighted by Crippen LogP contribution is -2.54. The number of halogens is 3. The van der Waals surface area contributed by atoms with E-state index in [4.69, 9.17) is 9.66 Å². The summed E-state index contributed by atoms with van der Waals surface area (Å²) >= 11 is 0. The maximum atomic E-state index is 12.3. The molecule has 1 fully saturated rings. The molecule has 1 saturated heterocycles. The van der Waals surface area contributed by atoms with Crippen LogP contribution in [-0.4, -0.2) is 55.6 Å². The average molecular weight is 282 g/mol. The van der Waals surface area contributed by atoms with E-state index in [1.807, 2.05) is 0 Å². The Morgan fingerprint density at radius 2 is 1.59 bits per heavy atom. The van der Waals surface area contributed by atoms with Crippen molar-refractivity contribution in [2.24, 2.45) is 0 Å². The van der Waals surface area contributed by atoms with Crippen molar-refractivity contribution in [1.29, 1.82) is 0 Å². The molecule has 17 heavy (non-hydrogen) atoms. The van der Waals surface area contributed by atoms with Gasteiger partial charge in [-0.05, 0) is 6.92 Å². The minimum atomic E-state index is -4.70. The van der Waals surface area contributed by atoms with Crippen LogP contribution in [0.25, 0.3) is 0 Å². The molecule has 1 atom stereocenters. The largest absolute Gasteiger partial charge is 0.446 e. The minimum Gasteiger partial charge on any atom is -0.387 e. The first kappa shape index (κ1) is 16.6. The zero-order valence-corrected chi connectivity index (χ0v) is 9.88. The van der Waals surface area contributed by atoms with Crippen LogP contribution >= 0.6 is 0 Å². The maximum Gasteiger partial charge on any atom is 0.446 e. The average Bonchev–Trinajstić information content (AvgIpc) is 2.46. The van der Waals surface area contributed by atoms with Gasteiger partial charge in [0.05, 0.1) is 19.5 Å². The lowest BCUT2D eigenvalue weighted by atomic mass is 10.1. The van der Waals surface area contributed by atoms with E-state index < -0.39 is 28.2 Å². The Kier molecular flexibility index (Phi) is 5.35. The van der Waals surface area contributed by atoms with E-state index in [-0.39, 0.29) is 13.2 Å². The molecule has 0 spiro atoms. The zero-order chi connectivity index (χ0) is 13.9. The summed E-state index contributed by atoms with van der Waals surface area (Å²) in [6.45, 7) is 0.688. The molecule has 0 aromatic rings. The van der Waals surface area contributed by atoms with Gasteiger partial charge < -0.3 is 14.6 Å². The summed E-state index contributed by atoms with van der Waals surface area (Å²) in [7, 11) is -3.67. The van der Waals surface area contributed by atoms with Crippen molar-refractivity contribution in [3.8, 4) is 0 Å². The van der Waals surface area contributed by atoms with Gasteiger partial charge in [-0.3, -0.25) is 4.55 Å². The van der Waals surface area contributed by atoms with Crippen molar-refractivity contribution in [1.82, 2.24) is 0 Å². The molecule has 0 aliphatic carbocycles. The van der Waals surface area contributed by atoms with Gasteiger partial charge in [-0.1, -0.05) is 0 Å². The third-order valence-electron chi connectivity index (χ3n) is 1.66. The van der Waals surface area contributed by atoms with Gasteiger partial charge in [0.15, 0.2) is 0 Å². The molecule has 6 nitrogen and oxygen atoms in total. The van der Waals surface area contributed by atoms with Crippen molar-refractivity contribution >= 4 is 10.1 Å². The molecular formula is C7H13F3O6S. The maximum absolute atomic E-state index is 12.3. The highest BCUT2D eigenvalue weighted by Gasteiger charge is 2.63. The molecule has 10 heteroatoms. The topological polar surface area (TPSA) is 93.1 Å². The summed E-state index contributed by atoms with van der Waals surface area (Å²) < 4.78 is 71.4. The van der Waals surface area contributed by atoms with E-state index in [0.29, 0.717) is 6.26 Å². The lowest BCUT2D eigenvalue weighted by Gasteiger charge is -2.31. The van der Waals surface area contributed by atoms with Crippen LogP contribution in [0.3, 0.4) is 0 Å². The zero-order valence-electron chi connectivity index (χ0n) is 9.06. The Hall–Kier alpha value is -0.420. The highest BCUT2D eigenvalue weighted by Crippen LogP contribution is 2.39. The second kappa shape index (κ2) is 5.48. The van der Waals surface area contributed by atoms with Crippen LogP contribution in [0.1, 0.15) is 6.92 Å². The number of hydrogen-bond donors (Lipinski definition) is 2. The standard InChI is InChI=1S/C6H9F3O3.CH4O3S/c1-4(10)5(6(7,8)9)11-2-3-12-5;1-5(2,3)4/h4,10H,2-3H2,1H3;1H3,(H,2,3,4). The van der Waals surface area contributed by atoms with Gasteiger partial charge in [0, 0.05) is 0 Å². The summed E-state index contributed by atoms with van der Waals surface area (Å²) in [5, 5.41) is 8.87. The number of aliphatic hydroxyl groups is 1. The molecule has 0 amide bonds. The van der Waals surface area contributed by atoms with E-state index in [0.717, 1.165) is 6.92 Å². The first-order valence-corrected chi connectivity index (χ1v) is 6.20. The molecule has 0 aromatic carbocycles. The van der Waals surface area contributed by atoms with Gasteiger partial charge in [0.1, 0.15) is 6.10 Å². The van der Waals surface area contributed by atoms with E-state index in [9.17, 15) is 21.6 Å². The number of aliphatic hydroxyl groups excluding tert-OH is 1. The van der Waals surface area contributed by atoms with Gasteiger partial charge in [-0.15, -0.1) is 0 Å². The predicted octanol–water partition coefficient (Wildman–Crippen LogP) is 0.177. The predicted molar refractivity (Wildman–Crippen MR) is 49.8 cm³/mol. The van der Waals surface area contributed by atoms with E-state index in [2.05, 4.69) is 9.47 Å². The quantitative estimate of drug-likeness (QED) is 0.666. The van der Waals surface area contributed by atoms with Crippen LogP contribution < -0.4 is 0 Å². The highest BCUT2D eigenvalue weighted by atomic mass is 32.2. The normalized spacial score (nSPS) is 21.6. The third kappa shape index (κ3) is 5.17. The summed E-state index contributed by atoms with van der Waals surface area (Å²) in [6, 6.07) is 0. The van der Waals surface area contributed by atoms with E-state index >= 15 is 0 Å². The van der Waals surface area contributed by atoms with Gasteiger partial charge in [0.2, 0.25) is 0 Å². The molecule has 1 aliphatic rings. The van der Waals surface area contributed by atoms with Crippen LogP contribution in [-0.2, 0) is 19.6 Å². The van der Waals surface area contributed by atoms with E-state index in [1.54, 1.807) is 0 Å². The Bertz CT molecular complexity index is 322. The van der Waals surface area contributed by atoms with Crippen LogP contribution in [0, 0.1) is 0 Å². The Morgan fingerprint density at radius 3 is 1.71 bits per heavy atom. The number of alkyl halides is 3. The van der Waals surface area contributed by atoms with Gasteiger partial charge in [-0.2, -0.15) is 21.6 Å². The Morgan fingerprint density at radius 1 is 1.29 bits per heavy atom. The summed E-state index contributed by atoms with van der Waals surface area (Å²) in [4.78, 5) is 0. The molecule has 104 valence electrons. The van der Waals surface area contributed by atoms with Crippen LogP contribution in [0.4, 0.5) is 13.2 Å². The van der Waals surface area contributed by atoms with Crippen molar-refractivity contribution in [3.63, 3.8) is 0 Å². The second-order valence-electron chi connectivity index (χ2n) is 3.27. The third-order valence-corrected chi connectivity index (χ3v) is 1.66. The van der Waals surface area contributed by atoms with Crippen molar-refractivity contribution in [2.45, 2.75) is 25.0 Å². The number of hydrogen-bond acceptors (Lipinski definition) is 5. The summed E-state index contributed by atoms with van der Waals surface area (Å²) in [5.41, 5.74) is 0. The van der Waals surface area contributed by atoms with Gasteiger partial charge in [-0.25, -0.2) is 0 Å². The molecule has 0 aromatic heterocycles.